The molecular weight excluding hydrogens is 244 g/mol. The van der Waals surface area contributed by atoms with E-state index < -0.39 is 0 Å². The van der Waals surface area contributed by atoms with Crippen molar-refractivity contribution < 1.29 is 4.79 Å². The van der Waals surface area contributed by atoms with E-state index >= 15 is 0 Å². The number of carbonyl (C=O) groups is 1. The van der Waals surface area contributed by atoms with Gasteiger partial charge in [0.1, 0.15) is 0 Å². The number of likely N-dealkylation sites (tertiary alicyclic amines) is 1. The van der Waals surface area contributed by atoms with Crippen LogP contribution in [0, 0.1) is 0 Å². The molecule has 4 heteroatoms. The molecule has 0 saturated carbocycles. The van der Waals surface area contributed by atoms with Crippen LogP contribution in [0.15, 0.2) is 0 Å². The van der Waals surface area contributed by atoms with Crippen molar-refractivity contribution in [3.8, 4) is 0 Å². The van der Waals surface area contributed by atoms with Crippen LogP contribution in [-0.4, -0.2) is 47.5 Å². The highest BCUT2D eigenvalue weighted by Crippen LogP contribution is 2.21. The first-order chi connectivity index (χ1) is 8.81. The van der Waals surface area contributed by atoms with Gasteiger partial charge in [-0.3, -0.25) is 4.79 Å². The first kappa shape index (κ1) is 14.2. The minimum absolute atomic E-state index is 0.378. The van der Waals surface area contributed by atoms with Gasteiger partial charge in [-0.2, -0.15) is 11.8 Å². The van der Waals surface area contributed by atoms with Crippen molar-refractivity contribution >= 4 is 17.7 Å². The largest absolute Gasteiger partial charge is 0.340 e. The van der Waals surface area contributed by atoms with Crippen molar-refractivity contribution in [2.45, 2.75) is 57.5 Å². The van der Waals surface area contributed by atoms with E-state index in [1.165, 1.54) is 31.4 Å². The van der Waals surface area contributed by atoms with Gasteiger partial charge in [-0.1, -0.05) is 19.8 Å². The number of amides is 1. The lowest BCUT2D eigenvalue weighted by atomic mass is 10.1. The van der Waals surface area contributed by atoms with Gasteiger partial charge in [-0.25, -0.2) is 0 Å². The van der Waals surface area contributed by atoms with Gasteiger partial charge in [0.2, 0.25) is 5.91 Å². The number of thioether (sulfide) groups is 1. The van der Waals surface area contributed by atoms with Gasteiger partial charge < -0.3 is 10.2 Å². The maximum atomic E-state index is 12.5. The number of hydrogen-bond acceptors (Lipinski definition) is 3. The molecule has 3 nitrogen and oxygen atoms in total. The molecule has 2 aliphatic heterocycles. The zero-order valence-electron chi connectivity index (χ0n) is 11.5. The van der Waals surface area contributed by atoms with E-state index in [0.717, 1.165) is 25.3 Å². The van der Waals surface area contributed by atoms with Crippen LogP contribution in [0.25, 0.3) is 0 Å². The maximum absolute atomic E-state index is 12.5. The SMILES string of the molecule is CCC1CCCCCN1C(=O)CC1CSCCN1. The molecule has 0 aromatic rings. The summed E-state index contributed by atoms with van der Waals surface area (Å²) in [4.78, 5) is 14.6. The fraction of sp³-hybridized carbons (Fsp3) is 0.929. The average Bonchev–Trinajstić information content (AvgIpc) is 2.64. The smallest absolute Gasteiger partial charge is 0.224 e. The topological polar surface area (TPSA) is 32.3 Å². The molecule has 104 valence electrons. The van der Waals surface area contributed by atoms with Crippen LogP contribution in [0.2, 0.25) is 0 Å². The average molecular weight is 270 g/mol. The van der Waals surface area contributed by atoms with Gasteiger partial charge in [-0.05, 0) is 19.3 Å². The minimum Gasteiger partial charge on any atom is -0.340 e. The van der Waals surface area contributed by atoms with Crippen molar-refractivity contribution in [1.82, 2.24) is 10.2 Å². The van der Waals surface area contributed by atoms with Crippen LogP contribution in [0.4, 0.5) is 0 Å². The monoisotopic (exact) mass is 270 g/mol. The molecule has 2 rings (SSSR count). The minimum atomic E-state index is 0.378. The lowest BCUT2D eigenvalue weighted by Gasteiger charge is -2.32. The van der Waals surface area contributed by atoms with Gasteiger partial charge in [0, 0.05) is 43.1 Å². The summed E-state index contributed by atoms with van der Waals surface area (Å²) < 4.78 is 0. The molecule has 2 saturated heterocycles. The Kier molecular flexibility index (Phi) is 5.83. The lowest BCUT2D eigenvalue weighted by molar-refractivity contribution is -0.134. The zero-order valence-corrected chi connectivity index (χ0v) is 12.3. The number of rotatable bonds is 3. The van der Waals surface area contributed by atoms with Crippen LogP contribution in [-0.2, 0) is 4.79 Å². The molecule has 1 N–H and O–H groups in total. The summed E-state index contributed by atoms with van der Waals surface area (Å²) in [6, 6.07) is 0.897. The van der Waals surface area contributed by atoms with Crippen molar-refractivity contribution in [1.29, 1.82) is 0 Å². The van der Waals surface area contributed by atoms with E-state index in [0.29, 0.717) is 24.4 Å². The summed E-state index contributed by atoms with van der Waals surface area (Å²) >= 11 is 1.97. The molecule has 0 aromatic carbocycles. The predicted octanol–water partition coefficient (Wildman–Crippen LogP) is 2.26. The molecule has 0 bridgehead atoms. The van der Waals surface area contributed by atoms with E-state index in [-0.39, 0.29) is 0 Å². The molecule has 18 heavy (non-hydrogen) atoms. The van der Waals surface area contributed by atoms with E-state index in [9.17, 15) is 4.79 Å². The summed E-state index contributed by atoms with van der Waals surface area (Å²) in [6.45, 7) is 4.25. The van der Waals surface area contributed by atoms with Crippen LogP contribution in [0.1, 0.15) is 45.4 Å². The standard InChI is InChI=1S/C14H26N2OS/c1-2-13-6-4-3-5-8-16(13)14(17)10-12-11-18-9-7-15-12/h12-13,15H,2-11H2,1H3. The van der Waals surface area contributed by atoms with Crippen LogP contribution >= 0.6 is 11.8 Å². The van der Waals surface area contributed by atoms with Gasteiger partial charge in [0.15, 0.2) is 0 Å². The van der Waals surface area contributed by atoms with Gasteiger partial charge >= 0.3 is 0 Å². The van der Waals surface area contributed by atoms with Gasteiger partial charge in [0.05, 0.1) is 0 Å². The highest BCUT2D eigenvalue weighted by Gasteiger charge is 2.26. The van der Waals surface area contributed by atoms with Gasteiger partial charge in [0.25, 0.3) is 0 Å². The molecule has 0 aliphatic carbocycles. The maximum Gasteiger partial charge on any atom is 0.224 e. The third-order valence-corrected chi connectivity index (χ3v) is 5.22. The molecule has 0 spiro atoms. The summed E-state index contributed by atoms with van der Waals surface area (Å²) in [7, 11) is 0. The molecule has 2 fully saturated rings. The van der Waals surface area contributed by atoms with E-state index in [1.54, 1.807) is 0 Å². The third kappa shape index (κ3) is 3.89. The highest BCUT2D eigenvalue weighted by atomic mass is 32.2. The summed E-state index contributed by atoms with van der Waals surface area (Å²) in [5.41, 5.74) is 0. The Morgan fingerprint density at radius 2 is 2.28 bits per heavy atom. The highest BCUT2D eigenvalue weighted by molar-refractivity contribution is 7.99. The Labute approximate surface area is 115 Å². The van der Waals surface area contributed by atoms with Crippen molar-refractivity contribution in [3.63, 3.8) is 0 Å². The lowest BCUT2D eigenvalue weighted by Crippen LogP contribution is -2.45. The van der Waals surface area contributed by atoms with Crippen LogP contribution in [0.3, 0.4) is 0 Å². The van der Waals surface area contributed by atoms with Crippen molar-refractivity contribution in [3.05, 3.63) is 0 Å². The Balaban J connectivity index is 1.88. The number of carbonyl (C=O) groups excluding carboxylic acids is 1. The molecule has 1 amide bonds. The molecule has 0 radical (unpaired) electrons. The molecule has 2 unspecified atom stereocenters. The van der Waals surface area contributed by atoms with E-state index in [2.05, 4.69) is 17.1 Å². The number of nitrogens with zero attached hydrogens (tertiary/aromatic N) is 1. The first-order valence-electron chi connectivity index (χ1n) is 7.42. The van der Waals surface area contributed by atoms with Crippen molar-refractivity contribution in [2.75, 3.05) is 24.6 Å². The van der Waals surface area contributed by atoms with Gasteiger partial charge in [-0.15, -0.1) is 0 Å². The Bertz CT molecular complexity index is 267. The number of nitrogens with one attached hydrogen (secondary N) is 1. The molecule has 2 atom stereocenters. The third-order valence-electron chi connectivity index (χ3n) is 4.09. The Hall–Kier alpha value is -0.220. The summed E-state index contributed by atoms with van der Waals surface area (Å²) in [5, 5.41) is 3.47. The Morgan fingerprint density at radius 1 is 1.39 bits per heavy atom. The van der Waals surface area contributed by atoms with E-state index in [1.807, 2.05) is 11.8 Å². The summed E-state index contributed by atoms with van der Waals surface area (Å²) in [6.07, 6.45) is 6.78. The summed E-state index contributed by atoms with van der Waals surface area (Å²) in [5.74, 6) is 2.66. The fourth-order valence-corrected chi connectivity index (χ4v) is 3.96. The molecular formula is C14H26N2OS. The molecule has 0 aromatic heterocycles. The second kappa shape index (κ2) is 7.39. The van der Waals surface area contributed by atoms with Crippen LogP contribution < -0.4 is 5.32 Å². The van der Waals surface area contributed by atoms with E-state index in [4.69, 9.17) is 0 Å². The van der Waals surface area contributed by atoms with Crippen LogP contribution in [0.5, 0.6) is 0 Å². The molecule has 2 heterocycles. The predicted molar refractivity (Wildman–Crippen MR) is 78.0 cm³/mol. The Morgan fingerprint density at radius 3 is 3.00 bits per heavy atom. The second-order valence-electron chi connectivity index (χ2n) is 5.43. The zero-order chi connectivity index (χ0) is 12.8. The fourth-order valence-electron chi connectivity index (χ4n) is 3.01. The second-order valence-corrected chi connectivity index (χ2v) is 6.58. The molecule has 2 aliphatic rings. The normalized spacial score (nSPS) is 29.9. The number of hydrogen-bond donors (Lipinski definition) is 1. The van der Waals surface area contributed by atoms with Crippen molar-refractivity contribution in [2.24, 2.45) is 0 Å². The quantitative estimate of drug-likeness (QED) is 0.854. The first-order valence-corrected chi connectivity index (χ1v) is 8.57.